The summed E-state index contributed by atoms with van der Waals surface area (Å²) in [6.07, 6.45) is 0. The predicted octanol–water partition coefficient (Wildman–Crippen LogP) is 5.72. The molecule has 2 aromatic carbocycles. The van der Waals surface area contributed by atoms with E-state index < -0.39 is 0 Å². The highest BCUT2D eigenvalue weighted by atomic mass is 127. The lowest BCUT2D eigenvalue weighted by Crippen LogP contribution is -2.13. The minimum absolute atomic E-state index is 0.212. The molecule has 0 radical (unpaired) electrons. The molecule has 0 aromatic heterocycles. The second kappa shape index (κ2) is 6.56. The van der Waals surface area contributed by atoms with Gasteiger partial charge in [-0.2, -0.15) is 0 Å². The lowest BCUT2D eigenvalue weighted by atomic mass is 10.2. The highest BCUT2D eigenvalue weighted by molar-refractivity contribution is 14.1. The van der Waals surface area contributed by atoms with Gasteiger partial charge in [-0.05, 0) is 90.8 Å². The first kappa shape index (κ1) is 15.3. The summed E-state index contributed by atoms with van der Waals surface area (Å²) in [4.78, 5) is 12.2. The Morgan fingerprint density at radius 2 is 1.84 bits per heavy atom. The number of nitrogens with one attached hydrogen (secondary N) is 1. The van der Waals surface area contributed by atoms with Gasteiger partial charge in [-0.3, -0.25) is 4.79 Å². The Morgan fingerprint density at radius 1 is 1.11 bits per heavy atom. The second-order valence-electron chi connectivity index (χ2n) is 3.70. The van der Waals surface area contributed by atoms with Crippen LogP contribution in [0.1, 0.15) is 10.4 Å². The Hall–Kier alpha value is -0.110. The van der Waals surface area contributed by atoms with Gasteiger partial charge >= 0.3 is 0 Å². The van der Waals surface area contributed by atoms with E-state index in [4.69, 9.17) is 11.6 Å². The first-order valence-electron chi connectivity index (χ1n) is 5.19. The summed E-state index contributed by atoms with van der Waals surface area (Å²) in [5.74, 6) is -0.212. The Morgan fingerprint density at radius 3 is 2.53 bits per heavy atom. The van der Waals surface area contributed by atoms with E-state index in [-0.39, 0.29) is 5.91 Å². The van der Waals surface area contributed by atoms with Gasteiger partial charge in [0.25, 0.3) is 5.91 Å². The van der Waals surface area contributed by atoms with Crippen molar-refractivity contribution in [1.29, 1.82) is 0 Å². The first-order chi connectivity index (χ1) is 8.97. The fourth-order valence-electron chi connectivity index (χ4n) is 1.45. The number of anilines is 1. The minimum atomic E-state index is -0.212. The molecule has 0 saturated carbocycles. The molecule has 0 spiro atoms. The van der Waals surface area contributed by atoms with Gasteiger partial charge < -0.3 is 5.32 Å². The Bertz CT molecular complexity index is 649. The summed E-state index contributed by atoms with van der Waals surface area (Å²) >= 11 is 14.9. The van der Waals surface area contributed by atoms with Crippen molar-refractivity contribution in [2.75, 3.05) is 5.32 Å². The van der Waals surface area contributed by atoms with Gasteiger partial charge in [-0.1, -0.05) is 11.6 Å². The van der Waals surface area contributed by atoms with Crippen molar-refractivity contribution in [3.63, 3.8) is 0 Å². The number of carbonyl (C=O) groups excluding carboxylic acids is 1. The molecule has 2 rings (SSSR count). The molecule has 0 bridgehead atoms. The number of hydrogen-bond acceptors (Lipinski definition) is 1. The normalized spacial score (nSPS) is 10.3. The average molecular weight is 515 g/mol. The molecule has 2 nitrogen and oxygen atoms in total. The van der Waals surface area contributed by atoms with E-state index in [0.29, 0.717) is 15.1 Å². The summed E-state index contributed by atoms with van der Waals surface area (Å²) in [6.45, 7) is 0. The maximum Gasteiger partial charge on any atom is 0.256 e. The monoisotopic (exact) mass is 513 g/mol. The van der Waals surface area contributed by atoms with Gasteiger partial charge in [0, 0.05) is 17.5 Å². The molecule has 0 heterocycles. The fraction of sp³-hybridized carbons (Fsp3) is 0. The summed E-state index contributed by atoms with van der Waals surface area (Å²) in [5.41, 5.74) is 1.22. The lowest BCUT2D eigenvalue weighted by Gasteiger charge is -2.09. The first-order valence-corrected chi connectivity index (χ1v) is 8.23. The van der Waals surface area contributed by atoms with Crippen LogP contribution in [0.25, 0.3) is 0 Å². The van der Waals surface area contributed by atoms with E-state index >= 15 is 0 Å². The molecule has 0 aliphatic rings. The molecule has 2 aromatic rings. The van der Waals surface area contributed by atoms with Crippen LogP contribution in [0.15, 0.2) is 45.3 Å². The Labute approximate surface area is 146 Å². The van der Waals surface area contributed by atoms with Crippen molar-refractivity contribution < 1.29 is 4.79 Å². The van der Waals surface area contributed by atoms with Gasteiger partial charge in [0.15, 0.2) is 0 Å². The van der Waals surface area contributed by atoms with E-state index in [9.17, 15) is 4.79 Å². The van der Waals surface area contributed by atoms with Gasteiger partial charge in [0.05, 0.1) is 11.3 Å². The fourth-order valence-corrected chi connectivity index (χ4v) is 3.45. The van der Waals surface area contributed by atoms with Gasteiger partial charge in [0.1, 0.15) is 0 Å². The predicted molar refractivity (Wildman–Crippen MR) is 94.0 cm³/mol. The van der Waals surface area contributed by atoms with Crippen LogP contribution in [-0.2, 0) is 0 Å². The van der Waals surface area contributed by atoms with Crippen LogP contribution in [0.5, 0.6) is 0 Å². The maximum atomic E-state index is 12.2. The van der Waals surface area contributed by atoms with Crippen LogP contribution < -0.4 is 5.32 Å². The van der Waals surface area contributed by atoms with Crippen LogP contribution in [0, 0.1) is 3.57 Å². The van der Waals surface area contributed by atoms with Crippen molar-refractivity contribution in [2.45, 2.75) is 0 Å². The summed E-state index contributed by atoms with van der Waals surface area (Å²) in [7, 11) is 0. The molecule has 0 atom stereocenters. The summed E-state index contributed by atoms with van der Waals surface area (Å²) in [6, 6.07) is 10.8. The molecule has 0 saturated heterocycles. The molecule has 6 heteroatoms. The smallest absolute Gasteiger partial charge is 0.256 e. The van der Waals surface area contributed by atoms with Crippen LogP contribution >= 0.6 is 66.1 Å². The van der Waals surface area contributed by atoms with E-state index in [2.05, 4.69) is 59.8 Å². The van der Waals surface area contributed by atoms with Gasteiger partial charge in [-0.15, -0.1) is 0 Å². The van der Waals surface area contributed by atoms with Crippen molar-refractivity contribution in [3.8, 4) is 0 Å². The zero-order chi connectivity index (χ0) is 14.0. The summed E-state index contributed by atoms with van der Waals surface area (Å²) < 4.78 is 2.63. The highest BCUT2D eigenvalue weighted by Gasteiger charge is 2.12. The van der Waals surface area contributed by atoms with Crippen LogP contribution in [0.4, 0.5) is 5.69 Å². The largest absolute Gasteiger partial charge is 0.321 e. The minimum Gasteiger partial charge on any atom is -0.321 e. The quantitative estimate of drug-likeness (QED) is 0.510. The number of benzene rings is 2. The van der Waals surface area contributed by atoms with Crippen molar-refractivity contribution in [3.05, 3.63) is 59.5 Å². The van der Waals surface area contributed by atoms with Crippen molar-refractivity contribution in [2.24, 2.45) is 0 Å². The number of hydrogen-bond donors (Lipinski definition) is 1. The molecule has 19 heavy (non-hydrogen) atoms. The second-order valence-corrected chi connectivity index (χ2v) is 7.09. The Kier molecular flexibility index (Phi) is 5.28. The third-order valence-corrected chi connectivity index (χ3v) is 4.61. The highest BCUT2D eigenvalue weighted by Crippen LogP contribution is 2.27. The molecule has 0 fully saturated rings. The maximum absolute atomic E-state index is 12.2. The molecule has 0 unspecified atom stereocenters. The number of rotatable bonds is 2. The van der Waals surface area contributed by atoms with Crippen LogP contribution in [-0.4, -0.2) is 5.91 Å². The molecule has 1 N–H and O–H groups in total. The van der Waals surface area contributed by atoms with Gasteiger partial charge in [0.2, 0.25) is 0 Å². The standard InChI is InChI=1S/C13H7Br2ClINO/c14-10-3-1-7(16)5-9(10)13(19)18-12-4-2-8(17)6-11(12)15/h1-6H,(H,18,19). The zero-order valence-corrected chi connectivity index (χ0v) is 15.5. The molecule has 0 aliphatic heterocycles. The number of carbonyl (C=O) groups is 1. The van der Waals surface area contributed by atoms with E-state index in [1.807, 2.05) is 18.2 Å². The van der Waals surface area contributed by atoms with E-state index in [1.165, 1.54) is 0 Å². The molecule has 0 aliphatic carbocycles. The SMILES string of the molecule is O=C(Nc1ccc(I)cc1Br)c1cc(Cl)ccc1Br. The third kappa shape index (κ3) is 3.93. The van der Waals surface area contributed by atoms with E-state index in [0.717, 1.165) is 13.7 Å². The molecule has 98 valence electrons. The van der Waals surface area contributed by atoms with Crippen LogP contribution in [0.2, 0.25) is 5.02 Å². The van der Waals surface area contributed by atoms with Crippen molar-refractivity contribution >= 4 is 77.6 Å². The number of amides is 1. The number of halogens is 4. The average Bonchev–Trinajstić information content (AvgIpc) is 2.35. The molecular formula is C13H7Br2ClINO. The molecular weight excluding hydrogens is 508 g/mol. The Balaban J connectivity index is 2.28. The summed E-state index contributed by atoms with van der Waals surface area (Å²) in [5, 5.41) is 3.37. The van der Waals surface area contributed by atoms with Gasteiger partial charge in [-0.25, -0.2) is 0 Å². The van der Waals surface area contributed by atoms with E-state index in [1.54, 1.807) is 18.2 Å². The lowest BCUT2D eigenvalue weighted by molar-refractivity contribution is 0.102. The topological polar surface area (TPSA) is 29.1 Å². The van der Waals surface area contributed by atoms with Crippen molar-refractivity contribution in [1.82, 2.24) is 0 Å². The zero-order valence-electron chi connectivity index (χ0n) is 9.38. The third-order valence-electron chi connectivity index (χ3n) is 2.35. The molecule has 1 amide bonds. The van der Waals surface area contributed by atoms with Crippen LogP contribution in [0.3, 0.4) is 0 Å².